The fourth-order valence-corrected chi connectivity index (χ4v) is 3.63. The van der Waals surface area contributed by atoms with Crippen LogP contribution in [0.1, 0.15) is 25.3 Å². The van der Waals surface area contributed by atoms with Gasteiger partial charge in [0.25, 0.3) is 5.91 Å². The molecule has 136 valence electrons. The molecule has 0 radical (unpaired) electrons. The molecule has 0 aliphatic carbocycles. The first-order valence-electron chi connectivity index (χ1n) is 8.27. The molecular weight excluding hydrogens is 340 g/mol. The molecule has 0 aromatic heterocycles. The van der Waals surface area contributed by atoms with Gasteiger partial charge in [0.15, 0.2) is 11.8 Å². The van der Waals surface area contributed by atoms with Gasteiger partial charge in [-0.1, -0.05) is 30.3 Å². The van der Waals surface area contributed by atoms with Crippen molar-refractivity contribution in [2.45, 2.75) is 31.8 Å². The van der Waals surface area contributed by atoms with Gasteiger partial charge in [-0.15, -0.1) is 0 Å². The number of nitrogens with one attached hydrogen (secondary N) is 1. The number of ketones is 1. The number of benzene rings is 1. The second kappa shape index (κ2) is 6.70. The van der Waals surface area contributed by atoms with Gasteiger partial charge in [-0.3, -0.25) is 28.9 Å². The van der Waals surface area contributed by atoms with E-state index in [0.717, 1.165) is 4.90 Å². The molecule has 8 heteroatoms. The van der Waals surface area contributed by atoms with Crippen LogP contribution < -0.4 is 5.32 Å². The third-order valence-corrected chi connectivity index (χ3v) is 4.61. The summed E-state index contributed by atoms with van der Waals surface area (Å²) in [5.74, 6) is -5.62. The fourth-order valence-electron chi connectivity index (χ4n) is 3.63. The van der Waals surface area contributed by atoms with Gasteiger partial charge in [-0.2, -0.15) is 0 Å². The van der Waals surface area contributed by atoms with E-state index in [9.17, 15) is 24.0 Å². The molecule has 26 heavy (non-hydrogen) atoms. The second-order valence-electron chi connectivity index (χ2n) is 6.19. The highest BCUT2D eigenvalue weighted by atomic mass is 16.5. The number of ether oxygens (including phenoxy) is 1. The molecule has 1 aromatic carbocycles. The summed E-state index contributed by atoms with van der Waals surface area (Å²) in [4.78, 5) is 62.7. The van der Waals surface area contributed by atoms with Crippen molar-refractivity contribution in [3.63, 3.8) is 0 Å². The van der Waals surface area contributed by atoms with Crippen LogP contribution in [0.5, 0.6) is 0 Å². The summed E-state index contributed by atoms with van der Waals surface area (Å²) in [6, 6.07) is 6.04. The predicted octanol–water partition coefficient (Wildman–Crippen LogP) is -0.226. The van der Waals surface area contributed by atoms with Crippen LogP contribution in [0, 0.1) is 5.92 Å². The molecule has 2 aliphatic heterocycles. The Morgan fingerprint density at radius 2 is 1.77 bits per heavy atom. The van der Waals surface area contributed by atoms with E-state index in [4.69, 9.17) is 4.74 Å². The zero-order chi connectivity index (χ0) is 19.0. The minimum absolute atomic E-state index is 0.0746. The third-order valence-electron chi connectivity index (χ3n) is 4.61. The Bertz CT molecular complexity index is 790. The average Bonchev–Trinajstić information content (AvgIpc) is 3.04. The lowest BCUT2D eigenvalue weighted by atomic mass is 9.82. The van der Waals surface area contributed by atoms with Gasteiger partial charge in [0.2, 0.25) is 11.8 Å². The van der Waals surface area contributed by atoms with Gasteiger partial charge in [0.05, 0.1) is 6.61 Å². The standard InChI is InChI=1S/C18H18N2O6/c1-3-26-18(25)12-11(10-7-5-4-6-8-10)14-15(22)13(19-9(2)21)17(24)20(14)16(12)23/h4-8,11-14H,3H2,1-2H3,(H,19,21). The van der Waals surface area contributed by atoms with Crippen LogP contribution in [0.25, 0.3) is 0 Å². The normalized spacial score (nSPS) is 27.5. The maximum Gasteiger partial charge on any atom is 0.319 e. The molecule has 4 unspecified atom stereocenters. The number of carbonyl (C=O) groups excluding carboxylic acids is 5. The van der Waals surface area contributed by atoms with Crippen LogP contribution in [0.4, 0.5) is 0 Å². The van der Waals surface area contributed by atoms with Crippen LogP contribution in [0.2, 0.25) is 0 Å². The smallest absolute Gasteiger partial charge is 0.319 e. The van der Waals surface area contributed by atoms with Gasteiger partial charge < -0.3 is 10.1 Å². The van der Waals surface area contributed by atoms with Crippen LogP contribution in [-0.2, 0) is 28.7 Å². The monoisotopic (exact) mass is 358 g/mol. The molecule has 0 saturated carbocycles. The number of hydrogen-bond acceptors (Lipinski definition) is 6. The highest BCUT2D eigenvalue weighted by molar-refractivity contribution is 6.25. The van der Waals surface area contributed by atoms with Gasteiger partial charge >= 0.3 is 5.97 Å². The maximum absolute atomic E-state index is 12.8. The number of esters is 1. The van der Waals surface area contributed by atoms with Gasteiger partial charge in [-0.25, -0.2) is 0 Å². The first-order valence-corrected chi connectivity index (χ1v) is 8.27. The SMILES string of the molecule is CCOC(=O)C1C(=O)N2C(=O)C(NC(C)=O)C(=O)C2C1c1ccccc1. The van der Waals surface area contributed by atoms with E-state index in [2.05, 4.69) is 5.32 Å². The van der Waals surface area contributed by atoms with E-state index >= 15 is 0 Å². The number of Topliss-reactive ketones (excluding diaryl/α,β-unsaturated/α-hetero) is 1. The lowest BCUT2D eigenvalue weighted by molar-refractivity contribution is -0.154. The Balaban J connectivity index is 2.06. The summed E-state index contributed by atoms with van der Waals surface area (Å²) in [6.07, 6.45) is 0. The Morgan fingerprint density at radius 1 is 1.12 bits per heavy atom. The first kappa shape index (κ1) is 17.8. The van der Waals surface area contributed by atoms with E-state index in [-0.39, 0.29) is 6.61 Å². The topological polar surface area (TPSA) is 110 Å². The van der Waals surface area contributed by atoms with E-state index in [1.54, 1.807) is 37.3 Å². The van der Waals surface area contributed by atoms with Crippen molar-refractivity contribution >= 4 is 29.5 Å². The fraction of sp³-hybridized carbons (Fsp3) is 0.389. The molecule has 2 aliphatic rings. The molecule has 1 aromatic rings. The van der Waals surface area contributed by atoms with E-state index in [0.29, 0.717) is 5.56 Å². The summed E-state index contributed by atoms with van der Waals surface area (Å²) in [6.45, 7) is 2.87. The van der Waals surface area contributed by atoms with Crippen LogP contribution >= 0.6 is 0 Å². The Labute approximate surface area is 149 Å². The van der Waals surface area contributed by atoms with E-state index in [1.807, 2.05) is 0 Å². The summed E-state index contributed by atoms with van der Waals surface area (Å²) >= 11 is 0. The molecule has 1 N–H and O–H groups in total. The van der Waals surface area contributed by atoms with E-state index < -0.39 is 53.4 Å². The van der Waals surface area contributed by atoms with Crippen molar-refractivity contribution < 1.29 is 28.7 Å². The van der Waals surface area contributed by atoms with Crippen molar-refractivity contribution in [1.82, 2.24) is 10.2 Å². The average molecular weight is 358 g/mol. The lowest BCUT2D eigenvalue weighted by Crippen LogP contribution is -2.46. The van der Waals surface area contributed by atoms with E-state index in [1.165, 1.54) is 6.92 Å². The molecule has 3 rings (SSSR count). The minimum Gasteiger partial charge on any atom is -0.465 e. The lowest BCUT2D eigenvalue weighted by Gasteiger charge is -2.20. The highest BCUT2D eigenvalue weighted by Gasteiger charge is 2.64. The van der Waals surface area contributed by atoms with Crippen molar-refractivity contribution in [1.29, 1.82) is 0 Å². The number of rotatable bonds is 4. The Morgan fingerprint density at radius 3 is 2.35 bits per heavy atom. The first-order chi connectivity index (χ1) is 12.4. The molecule has 0 spiro atoms. The number of fused-ring (bicyclic) bond motifs is 1. The minimum atomic E-state index is -1.41. The third kappa shape index (κ3) is 2.67. The number of imide groups is 1. The van der Waals surface area contributed by atoms with Crippen molar-refractivity contribution in [2.75, 3.05) is 6.61 Å². The van der Waals surface area contributed by atoms with Crippen LogP contribution in [0.15, 0.2) is 30.3 Å². The predicted molar refractivity (Wildman–Crippen MR) is 87.6 cm³/mol. The summed E-state index contributed by atoms with van der Waals surface area (Å²) in [7, 11) is 0. The number of hydrogen-bond donors (Lipinski definition) is 1. The van der Waals surface area contributed by atoms with Crippen LogP contribution in [0.3, 0.4) is 0 Å². The Kier molecular flexibility index (Phi) is 4.58. The zero-order valence-corrected chi connectivity index (χ0v) is 14.3. The molecule has 0 bridgehead atoms. The molecule has 2 fully saturated rings. The molecule has 3 amide bonds. The van der Waals surface area contributed by atoms with Gasteiger partial charge in [0, 0.05) is 12.8 Å². The molecular formula is C18H18N2O6. The quantitative estimate of drug-likeness (QED) is 0.452. The van der Waals surface area contributed by atoms with Crippen LogP contribution in [-0.4, -0.2) is 53.1 Å². The summed E-state index contributed by atoms with van der Waals surface area (Å²) < 4.78 is 5.00. The summed E-state index contributed by atoms with van der Waals surface area (Å²) in [5.41, 5.74) is 0.580. The van der Waals surface area contributed by atoms with Crippen molar-refractivity contribution in [3.8, 4) is 0 Å². The van der Waals surface area contributed by atoms with Crippen molar-refractivity contribution in [2.24, 2.45) is 5.92 Å². The molecule has 4 atom stereocenters. The molecule has 2 heterocycles. The molecule has 2 saturated heterocycles. The number of carbonyl (C=O) groups is 5. The number of amides is 3. The zero-order valence-electron chi connectivity index (χ0n) is 14.3. The van der Waals surface area contributed by atoms with Crippen molar-refractivity contribution in [3.05, 3.63) is 35.9 Å². The maximum atomic E-state index is 12.8. The second-order valence-corrected chi connectivity index (χ2v) is 6.19. The Hall–Kier alpha value is -3.03. The highest BCUT2D eigenvalue weighted by Crippen LogP contribution is 2.43. The summed E-state index contributed by atoms with van der Waals surface area (Å²) in [5, 5.41) is 2.28. The van der Waals surface area contributed by atoms with Gasteiger partial charge in [-0.05, 0) is 12.5 Å². The molecule has 8 nitrogen and oxygen atoms in total. The largest absolute Gasteiger partial charge is 0.465 e. The van der Waals surface area contributed by atoms with Gasteiger partial charge in [0.1, 0.15) is 12.0 Å². The number of nitrogens with zero attached hydrogens (tertiary/aromatic N) is 1.